The Balaban J connectivity index is 0.958. The van der Waals surface area contributed by atoms with Crippen LogP contribution < -0.4 is 0 Å². The number of furan rings is 1. The van der Waals surface area contributed by atoms with Gasteiger partial charge >= 0.3 is 0 Å². The lowest BCUT2D eigenvalue weighted by atomic mass is 9.82. The van der Waals surface area contributed by atoms with Gasteiger partial charge in [-0.2, -0.15) is 0 Å². The lowest BCUT2D eigenvalue weighted by Crippen LogP contribution is -2.14. The van der Waals surface area contributed by atoms with E-state index in [0.717, 1.165) is 76.3 Å². The molecule has 0 unspecified atom stereocenters. The Morgan fingerprint density at radius 3 is 1.79 bits per heavy atom. The zero-order valence-corrected chi connectivity index (χ0v) is 35.5. The molecule has 0 aliphatic heterocycles. The summed E-state index contributed by atoms with van der Waals surface area (Å²) in [5.41, 5.74) is 17.8. The minimum Gasteiger partial charge on any atom is -0.455 e. The van der Waals surface area contributed by atoms with Gasteiger partial charge in [0.05, 0.1) is 15.9 Å². The van der Waals surface area contributed by atoms with Crippen molar-refractivity contribution in [2.75, 3.05) is 0 Å². The monoisotopic (exact) mass is 822 g/mol. The first-order valence-corrected chi connectivity index (χ1v) is 22.4. The summed E-state index contributed by atoms with van der Waals surface area (Å²) < 4.78 is 9.29. The lowest BCUT2D eigenvalue weighted by molar-refractivity contribution is 0.660. The largest absolute Gasteiger partial charge is 0.455 e. The van der Waals surface area contributed by atoms with E-state index in [1.165, 1.54) is 49.2 Å². The average Bonchev–Trinajstić information content (AvgIpc) is 3.99. The second-order valence-electron chi connectivity index (χ2n) is 17.3. The standard InChI is InChI=1S/C59H38N2OS/c1-59(2)49-21-10-8-16-43(49)44-32-31-40(33-50(44)59)54-57-55(46-18-9-11-22-52(46)63-57)61-58(60-54)48-34-51-53(45-17-7-6-15-42(45)48)47-20-12-19-41(56(47)62-51)39-29-27-38(28-30-39)37-25-23-36(24-26-37)35-13-4-3-5-14-35/h3-34H,1-2H3. The van der Waals surface area contributed by atoms with Gasteiger partial charge in [-0.15, -0.1) is 11.3 Å². The van der Waals surface area contributed by atoms with Crippen molar-refractivity contribution in [2.45, 2.75) is 19.3 Å². The molecule has 0 saturated carbocycles. The van der Waals surface area contributed by atoms with Crippen LogP contribution in [0.1, 0.15) is 25.0 Å². The van der Waals surface area contributed by atoms with Gasteiger partial charge in [0.15, 0.2) is 5.82 Å². The van der Waals surface area contributed by atoms with Crippen molar-refractivity contribution >= 4 is 64.4 Å². The summed E-state index contributed by atoms with van der Waals surface area (Å²) in [6, 6.07) is 69.8. The summed E-state index contributed by atoms with van der Waals surface area (Å²) in [7, 11) is 0. The van der Waals surface area contributed by atoms with Gasteiger partial charge in [0.1, 0.15) is 11.2 Å². The highest BCUT2D eigenvalue weighted by atomic mass is 32.1. The maximum absolute atomic E-state index is 6.99. The summed E-state index contributed by atoms with van der Waals surface area (Å²) in [4.78, 5) is 11.0. The Hall–Kier alpha value is -7.66. The Morgan fingerprint density at radius 2 is 1.02 bits per heavy atom. The third-order valence-electron chi connectivity index (χ3n) is 13.3. The Labute approximate surface area is 368 Å². The van der Waals surface area contributed by atoms with Crippen LogP contribution in [0.4, 0.5) is 0 Å². The molecule has 3 nitrogen and oxygen atoms in total. The molecule has 1 aliphatic rings. The smallest absolute Gasteiger partial charge is 0.161 e. The summed E-state index contributed by atoms with van der Waals surface area (Å²) >= 11 is 1.77. The van der Waals surface area contributed by atoms with E-state index in [1.54, 1.807) is 11.3 Å². The van der Waals surface area contributed by atoms with Crippen molar-refractivity contribution in [3.8, 4) is 67.2 Å². The minimum atomic E-state index is -0.129. The van der Waals surface area contributed by atoms with E-state index < -0.39 is 0 Å². The number of aromatic nitrogens is 2. The zero-order valence-electron chi connectivity index (χ0n) is 34.7. The fourth-order valence-electron chi connectivity index (χ4n) is 10.2. The number of nitrogens with zero attached hydrogens (tertiary/aromatic N) is 2. The van der Waals surface area contributed by atoms with Crippen LogP contribution >= 0.6 is 11.3 Å². The molecule has 12 aromatic rings. The molecule has 0 saturated heterocycles. The molecule has 0 atom stereocenters. The molecular formula is C59H38N2OS. The Kier molecular flexibility index (Phi) is 7.82. The molecule has 3 heterocycles. The topological polar surface area (TPSA) is 38.9 Å². The predicted octanol–water partition coefficient (Wildman–Crippen LogP) is 16.5. The number of thiophene rings is 1. The second-order valence-corrected chi connectivity index (χ2v) is 18.3. The summed E-state index contributed by atoms with van der Waals surface area (Å²) in [6.45, 7) is 4.67. The van der Waals surface area contributed by atoms with Gasteiger partial charge in [0, 0.05) is 43.0 Å². The van der Waals surface area contributed by atoms with Crippen LogP contribution in [0.5, 0.6) is 0 Å². The van der Waals surface area contributed by atoms with Crippen LogP contribution in [0.2, 0.25) is 0 Å². The van der Waals surface area contributed by atoms with Gasteiger partial charge in [-0.25, -0.2) is 9.97 Å². The molecule has 0 fully saturated rings. The first-order chi connectivity index (χ1) is 31.0. The van der Waals surface area contributed by atoms with Crippen LogP contribution in [0.25, 0.3) is 120 Å². The molecule has 296 valence electrons. The van der Waals surface area contributed by atoms with Gasteiger partial charge in [0.25, 0.3) is 0 Å². The molecule has 3 aromatic heterocycles. The van der Waals surface area contributed by atoms with E-state index in [-0.39, 0.29) is 5.41 Å². The fraction of sp³-hybridized carbons (Fsp3) is 0.0508. The van der Waals surface area contributed by atoms with Crippen molar-refractivity contribution in [1.82, 2.24) is 9.97 Å². The molecule has 0 N–H and O–H groups in total. The van der Waals surface area contributed by atoms with Gasteiger partial charge < -0.3 is 4.42 Å². The van der Waals surface area contributed by atoms with Crippen molar-refractivity contribution < 1.29 is 4.42 Å². The molecule has 0 amide bonds. The van der Waals surface area contributed by atoms with Gasteiger partial charge in [-0.05, 0) is 79.0 Å². The van der Waals surface area contributed by atoms with Gasteiger partial charge in [-0.3, -0.25) is 0 Å². The van der Waals surface area contributed by atoms with Crippen LogP contribution in [0.3, 0.4) is 0 Å². The molecule has 0 bridgehead atoms. The maximum atomic E-state index is 6.99. The normalized spacial score (nSPS) is 13.0. The zero-order chi connectivity index (χ0) is 41.8. The lowest BCUT2D eigenvalue weighted by Gasteiger charge is -2.22. The minimum absolute atomic E-state index is 0.129. The summed E-state index contributed by atoms with van der Waals surface area (Å²) in [5, 5.41) is 5.55. The van der Waals surface area contributed by atoms with E-state index in [1.807, 2.05) is 0 Å². The first kappa shape index (κ1) is 36.0. The van der Waals surface area contributed by atoms with Crippen LogP contribution in [-0.4, -0.2) is 9.97 Å². The molecule has 63 heavy (non-hydrogen) atoms. The molecule has 9 aromatic carbocycles. The van der Waals surface area contributed by atoms with E-state index >= 15 is 0 Å². The molecular weight excluding hydrogens is 785 g/mol. The Bertz CT molecular complexity index is 3800. The number of benzene rings is 9. The van der Waals surface area contributed by atoms with Crippen LogP contribution in [-0.2, 0) is 5.41 Å². The van der Waals surface area contributed by atoms with Crippen LogP contribution in [0.15, 0.2) is 199 Å². The van der Waals surface area contributed by atoms with E-state index in [4.69, 9.17) is 14.4 Å². The summed E-state index contributed by atoms with van der Waals surface area (Å²) in [6.07, 6.45) is 0. The van der Waals surface area contributed by atoms with Crippen molar-refractivity contribution in [3.05, 3.63) is 205 Å². The van der Waals surface area contributed by atoms with Crippen molar-refractivity contribution in [1.29, 1.82) is 0 Å². The highest BCUT2D eigenvalue weighted by molar-refractivity contribution is 7.26. The fourth-order valence-corrected chi connectivity index (χ4v) is 11.3. The Morgan fingerprint density at radius 1 is 0.429 bits per heavy atom. The van der Waals surface area contributed by atoms with Gasteiger partial charge in [-0.1, -0.05) is 190 Å². The third-order valence-corrected chi connectivity index (χ3v) is 14.5. The number of para-hydroxylation sites is 1. The molecule has 4 heteroatoms. The first-order valence-electron chi connectivity index (χ1n) is 21.6. The van der Waals surface area contributed by atoms with Crippen molar-refractivity contribution in [3.63, 3.8) is 0 Å². The van der Waals surface area contributed by atoms with E-state index in [0.29, 0.717) is 5.82 Å². The van der Waals surface area contributed by atoms with Gasteiger partial charge in [0.2, 0.25) is 0 Å². The number of fused-ring (bicyclic) bond motifs is 11. The maximum Gasteiger partial charge on any atom is 0.161 e. The average molecular weight is 823 g/mol. The second kappa shape index (κ2) is 13.7. The third kappa shape index (κ3) is 5.51. The van der Waals surface area contributed by atoms with Crippen molar-refractivity contribution in [2.24, 2.45) is 0 Å². The summed E-state index contributed by atoms with van der Waals surface area (Å²) in [5.74, 6) is 0.690. The molecule has 13 rings (SSSR count). The predicted molar refractivity (Wildman–Crippen MR) is 264 cm³/mol. The van der Waals surface area contributed by atoms with E-state index in [2.05, 4.69) is 208 Å². The number of hydrogen-bond acceptors (Lipinski definition) is 4. The molecule has 0 radical (unpaired) electrons. The number of rotatable bonds is 5. The van der Waals surface area contributed by atoms with Crippen LogP contribution in [0, 0.1) is 0 Å². The molecule has 1 aliphatic carbocycles. The quantitative estimate of drug-likeness (QED) is 0.174. The number of hydrogen-bond donors (Lipinski definition) is 0. The van der Waals surface area contributed by atoms with E-state index in [9.17, 15) is 0 Å². The highest BCUT2D eigenvalue weighted by Crippen LogP contribution is 2.51. The SMILES string of the molecule is CC1(C)c2ccccc2-c2ccc(-c3nc(-c4cc5oc6c(-c7ccc(-c8ccc(-c9ccccc9)cc8)cc7)cccc6c5c5ccccc45)nc4c3sc3ccccc34)cc21. The highest BCUT2D eigenvalue weighted by Gasteiger charge is 2.35. The molecule has 0 spiro atoms.